The maximum absolute atomic E-state index is 12.1. The number of benzene rings is 1. The van der Waals surface area contributed by atoms with Crippen LogP contribution in [-0.2, 0) is 0 Å². The number of urea groups is 1. The molecule has 0 heterocycles. The van der Waals surface area contributed by atoms with Gasteiger partial charge in [-0.3, -0.25) is 0 Å². The lowest BCUT2D eigenvalue weighted by Gasteiger charge is -2.15. The fraction of sp³-hybridized carbons (Fsp3) is 0.471. The van der Waals surface area contributed by atoms with Gasteiger partial charge in [-0.2, -0.15) is 0 Å². The highest BCUT2D eigenvalue weighted by Crippen LogP contribution is 2.31. The van der Waals surface area contributed by atoms with Gasteiger partial charge in [-0.1, -0.05) is 24.3 Å². The second-order valence-electron chi connectivity index (χ2n) is 6.02. The monoisotopic (exact) mass is 302 g/mol. The van der Waals surface area contributed by atoms with Crippen LogP contribution in [0.2, 0.25) is 0 Å². The highest BCUT2D eigenvalue weighted by atomic mass is 16.5. The molecule has 2 atom stereocenters. The minimum atomic E-state index is -0.254. The third-order valence-electron chi connectivity index (χ3n) is 4.03. The summed E-state index contributed by atoms with van der Waals surface area (Å²) in [6, 6.07) is 7.19. The zero-order valence-electron chi connectivity index (χ0n) is 12.5. The molecular weight excluding hydrogens is 280 g/mol. The quantitative estimate of drug-likeness (QED) is 0.707. The molecule has 0 aliphatic heterocycles. The molecule has 3 rings (SSSR count). The molecule has 0 unspecified atom stereocenters. The number of aliphatic hydroxyl groups excluding tert-OH is 1. The van der Waals surface area contributed by atoms with Crippen LogP contribution in [-0.4, -0.2) is 30.4 Å². The Balaban J connectivity index is 1.53. The number of carbonyl (C=O) groups excluding carboxylic acids is 1. The molecular formula is C17H22N2O3. The first-order chi connectivity index (χ1) is 10.7. The van der Waals surface area contributed by atoms with E-state index >= 15 is 0 Å². The van der Waals surface area contributed by atoms with Crippen LogP contribution in [0.25, 0.3) is 0 Å². The molecule has 0 saturated heterocycles. The Labute approximate surface area is 130 Å². The van der Waals surface area contributed by atoms with Crippen LogP contribution >= 0.6 is 0 Å². The summed E-state index contributed by atoms with van der Waals surface area (Å²) in [6.45, 7) is 0.831. The Kier molecular flexibility index (Phi) is 4.63. The fourth-order valence-corrected chi connectivity index (χ4v) is 2.53. The van der Waals surface area contributed by atoms with E-state index in [0.29, 0.717) is 24.0 Å². The van der Waals surface area contributed by atoms with Crippen molar-refractivity contribution in [2.24, 2.45) is 11.8 Å². The van der Waals surface area contributed by atoms with E-state index in [0.717, 1.165) is 6.42 Å². The zero-order valence-corrected chi connectivity index (χ0v) is 12.5. The summed E-state index contributed by atoms with van der Waals surface area (Å²) in [5.41, 5.74) is 0.682. The summed E-state index contributed by atoms with van der Waals surface area (Å²) in [5.74, 6) is 1.51. The molecule has 1 aromatic carbocycles. The summed E-state index contributed by atoms with van der Waals surface area (Å²) < 4.78 is 5.78. The van der Waals surface area contributed by atoms with Crippen LogP contribution in [0, 0.1) is 11.8 Å². The average molecular weight is 302 g/mol. The van der Waals surface area contributed by atoms with Crippen molar-refractivity contribution in [3.05, 3.63) is 36.4 Å². The van der Waals surface area contributed by atoms with E-state index in [4.69, 9.17) is 9.84 Å². The van der Waals surface area contributed by atoms with Crippen LogP contribution in [0.1, 0.15) is 19.3 Å². The van der Waals surface area contributed by atoms with Gasteiger partial charge < -0.3 is 20.5 Å². The number of rotatable bonds is 6. The van der Waals surface area contributed by atoms with Gasteiger partial charge in [0.1, 0.15) is 5.75 Å². The molecule has 2 amide bonds. The average Bonchev–Trinajstić information content (AvgIpc) is 3.24. The van der Waals surface area contributed by atoms with Gasteiger partial charge in [-0.25, -0.2) is 4.79 Å². The van der Waals surface area contributed by atoms with Crippen LogP contribution in [0.15, 0.2) is 36.4 Å². The molecule has 0 aromatic heterocycles. The molecule has 22 heavy (non-hydrogen) atoms. The predicted octanol–water partition coefficient (Wildman–Crippen LogP) is 2.53. The largest absolute Gasteiger partial charge is 0.491 e. The van der Waals surface area contributed by atoms with Crippen molar-refractivity contribution in [3.8, 4) is 5.75 Å². The molecule has 1 fully saturated rings. The van der Waals surface area contributed by atoms with Gasteiger partial charge in [0.05, 0.1) is 12.3 Å². The van der Waals surface area contributed by atoms with E-state index in [2.05, 4.69) is 10.6 Å². The molecule has 0 bridgehead atoms. The lowest BCUT2D eigenvalue weighted by molar-refractivity contribution is 0.238. The number of hydrogen-bond acceptors (Lipinski definition) is 3. The van der Waals surface area contributed by atoms with E-state index in [1.54, 1.807) is 0 Å². The van der Waals surface area contributed by atoms with Gasteiger partial charge in [-0.05, 0) is 37.3 Å². The van der Waals surface area contributed by atoms with Crippen molar-refractivity contribution in [2.45, 2.75) is 25.3 Å². The minimum Gasteiger partial charge on any atom is -0.491 e. The number of carbonyl (C=O) groups is 1. The number of ether oxygens (including phenoxy) is 1. The van der Waals surface area contributed by atoms with Crippen molar-refractivity contribution in [2.75, 3.05) is 18.5 Å². The summed E-state index contributed by atoms with van der Waals surface area (Å²) in [7, 11) is 0. The SMILES string of the molecule is O=C(Nc1ccccc1OCC1CC1)N[C@@H]1C=C[C@H](CO)C1. The van der Waals surface area contributed by atoms with Crippen LogP contribution in [0.4, 0.5) is 10.5 Å². The van der Waals surface area contributed by atoms with E-state index in [1.807, 2.05) is 36.4 Å². The molecule has 0 spiro atoms. The van der Waals surface area contributed by atoms with Crippen molar-refractivity contribution >= 4 is 11.7 Å². The van der Waals surface area contributed by atoms with E-state index < -0.39 is 0 Å². The topological polar surface area (TPSA) is 70.6 Å². The highest BCUT2D eigenvalue weighted by molar-refractivity contribution is 5.91. The molecule has 5 nitrogen and oxygen atoms in total. The second-order valence-corrected chi connectivity index (χ2v) is 6.02. The van der Waals surface area contributed by atoms with Crippen molar-refractivity contribution in [1.82, 2.24) is 5.32 Å². The summed E-state index contributed by atoms with van der Waals surface area (Å²) in [4.78, 5) is 12.1. The number of aliphatic hydroxyl groups is 1. The molecule has 3 N–H and O–H groups in total. The second kappa shape index (κ2) is 6.83. The van der Waals surface area contributed by atoms with Gasteiger partial charge >= 0.3 is 6.03 Å². The standard InChI is InChI=1S/C17H22N2O3/c20-10-13-7-8-14(9-13)18-17(21)19-15-3-1-2-4-16(15)22-11-12-5-6-12/h1-4,7-8,12-14,20H,5-6,9-11H2,(H2,18,19,21)/t13-,14+/m0/s1. The van der Waals surface area contributed by atoms with Crippen LogP contribution in [0.3, 0.4) is 0 Å². The molecule has 1 saturated carbocycles. The van der Waals surface area contributed by atoms with E-state index in [-0.39, 0.29) is 24.6 Å². The van der Waals surface area contributed by atoms with Gasteiger partial charge in [-0.15, -0.1) is 0 Å². The molecule has 1 aromatic rings. The van der Waals surface area contributed by atoms with Crippen LogP contribution < -0.4 is 15.4 Å². The normalized spacial score (nSPS) is 23.3. The van der Waals surface area contributed by atoms with Gasteiger partial charge in [0.15, 0.2) is 0 Å². The maximum atomic E-state index is 12.1. The smallest absolute Gasteiger partial charge is 0.319 e. The third-order valence-corrected chi connectivity index (χ3v) is 4.03. The third kappa shape index (κ3) is 4.01. The zero-order chi connectivity index (χ0) is 15.4. The first-order valence-corrected chi connectivity index (χ1v) is 7.83. The Morgan fingerprint density at radius 2 is 2.09 bits per heavy atom. The van der Waals surface area contributed by atoms with Crippen LogP contribution in [0.5, 0.6) is 5.75 Å². The molecule has 0 radical (unpaired) electrons. The molecule has 2 aliphatic carbocycles. The molecule has 118 valence electrons. The van der Waals surface area contributed by atoms with E-state index in [9.17, 15) is 4.79 Å². The summed E-state index contributed by atoms with van der Waals surface area (Å²) in [6.07, 6.45) is 7.07. The van der Waals surface area contributed by atoms with E-state index in [1.165, 1.54) is 12.8 Å². The Morgan fingerprint density at radius 1 is 1.27 bits per heavy atom. The van der Waals surface area contributed by atoms with Gasteiger partial charge in [0, 0.05) is 18.6 Å². The first kappa shape index (κ1) is 14.9. The van der Waals surface area contributed by atoms with Crippen molar-refractivity contribution in [3.63, 3.8) is 0 Å². The fourth-order valence-electron chi connectivity index (χ4n) is 2.53. The number of nitrogens with one attached hydrogen (secondary N) is 2. The van der Waals surface area contributed by atoms with Gasteiger partial charge in [0.2, 0.25) is 0 Å². The molecule has 5 heteroatoms. The Morgan fingerprint density at radius 3 is 2.82 bits per heavy atom. The number of amides is 2. The maximum Gasteiger partial charge on any atom is 0.319 e. The predicted molar refractivity (Wildman–Crippen MR) is 84.9 cm³/mol. The Bertz CT molecular complexity index is 555. The number of hydrogen-bond donors (Lipinski definition) is 3. The molecule has 2 aliphatic rings. The van der Waals surface area contributed by atoms with Gasteiger partial charge in [0.25, 0.3) is 0 Å². The highest BCUT2D eigenvalue weighted by Gasteiger charge is 2.23. The lowest BCUT2D eigenvalue weighted by atomic mass is 10.1. The first-order valence-electron chi connectivity index (χ1n) is 7.83. The summed E-state index contributed by atoms with van der Waals surface area (Å²) >= 11 is 0. The Hall–Kier alpha value is -2.01. The minimum absolute atomic E-state index is 0.0308. The lowest BCUT2D eigenvalue weighted by Crippen LogP contribution is -2.36. The number of para-hydroxylation sites is 2. The van der Waals surface area contributed by atoms with Crippen molar-refractivity contribution in [1.29, 1.82) is 0 Å². The summed E-state index contributed by atoms with van der Waals surface area (Å²) in [5, 5.41) is 14.8. The number of anilines is 1. The van der Waals surface area contributed by atoms with Crippen molar-refractivity contribution < 1.29 is 14.6 Å².